The molecule has 0 bridgehead atoms. The topological polar surface area (TPSA) is 63.5 Å². The summed E-state index contributed by atoms with van der Waals surface area (Å²) in [5.41, 5.74) is 1.86. The van der Waals surface area contributed by atoms with Crippen molar-refractivity contribution in [2.24, 2.45) is 0 Å². The predicted molar refractivity (Wildman–Crippen MR) is 92.6 cm³/mol. The van der Waals surface area contributed by atoms with E-state index in [1.54, 1.807) is 18.2 Å². The van der Waals surface area contributed by atoms with Gasteiger partial charge in [-0.25, -0.2) is 12.1 Å². The third-order valence-electron chi connectivity index (χ3n) is 3.16. The van der Waals surface area contributed by atoms with E-state index >= 15 is 0 Å². The Morgan fingerprint density at radius 3 is 2.04 bits per heavy atom. The van der Waals surface area contributed by atoms with Crippen molar-refractivity contribution in [3.8, 4) is 0 Å². The monoisotopic (exact) mass is 360 g/mol. The van der Waals surface area contributed by atoms with Crippen molar-refractivity contribution in [3.63, 3.8) is 0 Å². The Balaban J connectivity index is 0.000000412. The van der Waals surface area contributed by atoms with Crippen LogP contribution in [0.25, 0.3) is 5.76 Å². The van der Waals surface area contributed by atoms with Gasteiger partial charge in [-0.3, -0.25) is 0 Å². The molecule has 0 spiro atoms. The standard InChI is InChI=1S/C14H13BO3.C5H5.Fe/c16-14(10-5-11-3-1-2-4-11)12-6-8-13(9-7-12)15(17)18;1-2-4-5-3-1;/h1-10,16-18H;1-5H;/q;-1;+2/p-1/b14-10+;;. The van der Waals surface area contributed by atoms with Crippen LogP contribution in [0.1, 0.15) is 5.56 Å². The van der Waals surface area contributed by atoms with Crippen molar-refractivity contribution in [3.05, 3.63) is 102 Å². The third-order valence-corrected chi connectivity index (χ3v) is 3.16. The molecule has 0 heterocycles. The molecular formula is C19H17BFeO3. The van der Waals surface area contributed by atoms with E-state index in [1.807, 2.05) is 54.6 Å². The van der Waals surface area contributed by atoms with E-state index in [2.05, 4.69) is 0 Å². The smallest absolute Gasteiger partial charge is 0.872 e. The van der Waals surface area contributed by atoms with Crippen LogP contribution in [0.15, 0.2) is 96.6 Å². The molecule has 2 N–H and O–H groups in total. The molecule has 0 amide bonds. The van der Waals surface area contributed by atoms with Gasteiger partial charge in [0.25, 0.3) is 0 Å². The fourth-order valence-electron chi connectivity index (χ4n) is 1.91. The van der Waals surface area contributed by atoms with E-state index in [0.29, 0.717) is 11.0 Å². The molecule has 5 heteroatoms. The van der Waals surface area contributed by atoms with Crippen LogP contribution >= 0.6 is 0 Å². The maximum absolute atomic E-state index is 11.8. The van der Waals surface area contributed by atoms with Crippen molar-refractivity contribution >= 4 is 18.3 Å². The van der Waals surface area contributed by atoms with Gasteiger partial charge in [-0.15, -0.1) is 5.76 Å². The van der Waals surface area contributed by atoms with Gasteiger partial charge in [0.05, 0.1) is 0 Å². The second kappa shape index (κ2) is 10.6. The van der Waals surface area contributed by atoms with Gasteiger partial charge in [0.2, 0.25) is 0 Å². The molecule has 122 valence electrons. The minimum atomic E-state index is -1.51. The van der Waals surface area contributed by atoms with Gasteiger partial charge in [-0.1, -0.05) is 60.7 Å². The minimum Gasteiger partial charge on any atom is -0.872 e. The molecule has 3 nitrogen and oxygen atoms in total. The Kier molecular flexibility index (Phi) is 8.76. The summed E-state index contributed by atoms with van der Waals surface area (Å²) in [7, 11) is -1.51. The van der Waals surface area contributed by atoms with Crippen molar-refractivity contribution in [2.45, 2.75) is 0 Å². The van der Waals surface area contributed by atoms with Crippen molar-refractivity contribution in [2.75, 3.05) is 0 Å². The van der Waals surface area contributed by atoms with Crippen LogP contribution in [0.4, 0.5) is 0 Å². The third kappa shape index (κ3) is 6.53. The van der Waals surface area contributed by atoms with Crippen LogP contribution in [0.2, 0.25) is 0 Å². The van der Waals surface area contributed by atoms with Gasteiger partial charge in [-0.2, -0.15) is 18.2 Å². The molecule has 0 atom stereocenters. The van der Waals surface area contributed by atoms with Gasteiger partial charge in [0, 0.05) is 0 Å². The molecule has 1 aliphatic rings. The molecular weight excluding hydrogens is 343 g/mol. The van der Waals surface area contributed by atoms with Gasteiger partial charge in [0.1, 0.15) is 0 Å². The molecule has 24 heavy (non-hydrogen) atoms. The van der Waals surface area contributed by atoms with E-state index < -0.39 is 7.12 Å². The Bertz CT molecular complexity index is 680. The first-order valence-corrected chi connectivity index (χ1v) is 7.24. The van der Waals surface area contributed by atoms with Crippen molar-refractivity contribution in [1.82, 2.24) is 0 Å². The molecule has 2 aromatic rings. The summed E-state index contributed by atoms with van der Waals surface area (Å²) in [4.78, 5) is 0. The Morgan fingerprint density at radius 1 is 1.00 bits per heavy atom. The number of hydrogen-bond donors (Lipinski definition) is 2. The maximum Gasteiger partial charge on any atom is 2.00 e. The average molecular weight is 360 g/mol. The summed E-state index contributed by atoms with van der Waals surface area (Å²) in [5, 5.41) is 29.7. The molecule has 2 aromatic carbocycles. The molecule has 0 saturated carbocycles. The largest absolute Gasteiger partial charge is 2.00 e. The van der Waals surface area contributed by atoms with Crippen LogP contribution in [-0.4, -0.2) is 17.2 Å². The summed E-state index contributed by atoms with van der Waals surface area (Å²) in [6, 6.07) is 16.2. The fraction of sp³-hybridized carbons (Fsp3) is 0. The molecule has 1 aliphatic carbocycles. The summed E-state index contributed by atoms with van der Waals surface area (Å²) in [6.07, 6.45) is 10.9. The predicted octanol–water partition coefficient (Wildman–Crippen LogP) is 1.52. The number of allylic oxidation sites excluding steroid dienone is 7. The van der Waals surface area contributed by atoms with E-state index in [4.69, 9.17) is 10.0 Å². The van der Waals surface area contributed by atoms with Gasteiger partial charge in [-0.05, 0) is 16.6 Å². The molecule has 0 fully saturated rings. The van der Waals surface area contributed by atoms with Crippen LogP contribution in [0, 0.1) is 0 Å². The quantitative estimate of drug-likeness (QED) is 0.496. The summed E-state index contributed by atoms with van der Waals surface area (Å²) in [5.74, 6) is -0.116. The van der Waals surface area contributed by atoms with E-state index in [1.165, 1.54) is 18.2 Å². The first-order chi connectivity index (χ1) is 11.2. The van der Waals surface area contributed by atoms with E-state index in [-0.39, 0.29) is 22.8 Å². The van der Waals surface area contributed by atoms with E-state index in [0.717, 1.165) is 5.57 Å². The van der Waals surface area contributed by atoms with E-state index in [9.17, 15) is 5.11 Å². The Hall–Kier alpha value is -2.17. The van der Waals surface area contributed by atoms with Crippen LogP contribution in [0.5, 0.6) is 0 Å². The molecule has 0 aliphatic heterocycles. The summed E-state index contributed by atoms with van der Waals surface area (Å²) >= 11 is 0. The summed E-state index contributed by atoms with van der Waals surface area (Å²) in [6.45, 7) is 0. The number of hydrogen-bond acceptors (Lipinski definition) is 3. The van der Waals surface area contributed by atoms with Gasteiger partial charge >= 0.3 is 24.2 Å². The minimum absolute atomic E-state index is 0. The zero-order valence-electron chi connectivity index (χ0n) is 12.9. The van der Waals surface area contributed by atoms with Gasteiger partial charge in [0.15, 0.2) is 0 Å². The zero-order chi connectivity index (χ0) is 16.5. The Morgan fingerprint density at radius 2 is 1.58 bits per heavy atom. The molecule has 0 saturated heterocycles. The van der Waals surface area contributed by atoms with Crippen LogP contribution in [-0.2, 0) is 17.1 Å². The molecule has 3 rings (SSSR count). The van der Waals surface area contributed by atoms with Crippen molar-refractivity contribution in [1.29, 1.82) is 0 Å². The second-order valence-electron chi connectivity index (χ2n) is 4.87. The Labute approximate surface area is 153 Å². The van der Waals surface area contributed by atoms with Crippen LogP contribution in [0.3, 0.4) is 0 Å². The molecule has 0 radical (unpaired) electrons. The zero-order valence-corrected chi connectivity index (χ0v) is 14.0. The number of rotatable bonds is 3. The molecule has 0 aromatic heterocycles. The first kappa shape index (κ1) is 19.9. The first-order valence-electron chi connectivity index (χ1n) is 7.24. The molecule has 0 unspecified atom stereocenters. The van der Waals surface area contributed by atoms with Gasteiger partial charge < -0.3 is 15.2 Å². The van der Waals surface area contributed by atoms with Crippen molar-refractivity contribution < 1.29 is 32.2 Å². The maximum atomic E-state index is 11.8. The number of benzene rings is 1. The SMILES string of the molecule is [Fe+2].[O-]/C(=C/C=C1C=CC=C1)c1ccc(B(O)O)cc1.c1cc[cH-]c1. The normalized spacial score (nSPS) is 12.2. The second-order valence-corrected chi connectivity index (χ2v) is 4.87. The average Bonchev–Trinajstić information content (AvgIpc) is 3.28. The fourth-order valence-corrected chi connectivity index (χ4v) is 1.91. The van der Waals surface area contributed by atoms with Crippen LogP contribution < -0.4 is 10.6 Å². The summed E-state index contributed by atoms with van der Waals surface area (Å²) < 4.78 is 0.